The minimum atomic E-state index is -3.11. The largest absolute Gasteiger partial charge is 0.450 e. The van der Waals surface area contributed by atoms with Gasteiger partial charge in [0.25, 0.3) is 0 Å². The molecule has 1 aliphatic heterocycles. The van der Waals surface area contributed by atoms with Gasteiger partial charge in [-0.15, -0.1) is 0 Å². The van der Waals surface area contributed by atoms with Gasteiger partial charge in [-0.2, -0.15) is 0 Å². The molecule has 19 heavy (non-hydrogen) atoms. The summed E-state index contributed by atoms with van der Waals surface area (Å²) in [5.41, 5.74) is 0. The molecule has 0 spiro atoms. The normalized spacial score (nSPS) is 17.5. The lowest BCUT2D eigenvalue weighted by Crippen LogP contribution is -2.46. The van der Waals surface area contributed by atoms with Gasteiger partial charge in [0.1, 0.15) is 0 Å². The maximum atomic E-state index is 11.5. The minimum absolute atomic E-state index is 0.250. The van der Waals surface area contributed by atoms with Gasteiger partial charge in [-0.05, 0) is 19.8 Å². The zero-order chi connectivity index (χ0) is 14.3. The third-order valence-corrected chi connectivity index (χ3v) is 3.67. The van der Waals surface area contributed by atoms with Crippen LogP contribution in [-0.4, -0.2) is 64.5 Å². The molecule has 1 saturated heterocycles. The van der Waals surface area contributed by atoms with Crippen LogP contribution in [0.1, 0.15) is 19.8 Å². The summed E-state index contributed by atoms with van der Waals surface area (Å²) in [6.07, 6.45) is 2.61. The summed E-state index contributed by atoms with van der Waals surface area (Å²) in [7, 11) is -3.11. The number of sulfonamides is 1. The molecule has 1 rings (SSSR count). The van der Waals surface area contributed by atoms with Crippen molar-refractivity contribution in [3.63, 3.8) is 0 Å². The first kappa shape index (κ1) is 16.2. The van der Waals surface area contributed by atoms with Crippen molar-refractivity contribution in [2.75, 3.05) is 39.0 Å². The van der Waals surface area contributed by atoms with E-state index in [1.165, 1.54) is 0 Å². The molecule has 7 nitrogen and oxygen atoms in total. The monoisotopic (exact) mass is 293 g/mol. The van der Waals surface area contributed by atoms with Crippen molar-refractivity contribution in [3.8, 4) is 0 Å². The number of likely N-dealkylation sites (tertiary alicyclic amines) is 1. The molecule has 0 radical (unpaired) electrons. The maximum absolute atomic E-state index is 11.5. The van der Waals surface area contributed by atoms with Crippen molar-refractivity contribution in [1.82, 2.24) is 14.9 Å². The third kappa shape index (κ3) is 6.74. The summed E-state index contributed by atoms with van der Waals surface area (Å²) in [4.78, 5) is 13.2. The summed E-state index contributed by atoms with van der Waals surface area (Å²) in [6.45, 7) is 4.52. The highest BCUT2D eigenvalue weighted by atomic mass is 32.2. The Morgan fingerprint density at radius 2 is 1.95 bits per heavy atom. The van der Waals surface area contributed by atoms with Gasteiger partial charge in [-0.25, -0.2) is 17.9 Å². The van der Waals surface area contributed by atoms with Gasteiger partial charge >= 0.3 is 6.09 Å². The van der Waals surface area contributed by atoms with E-state index >= 15 is 0 Å². The van der Waals surface area contributed by atoms with Crippen LogP contribution in [0.3, 0.4) is 0 Å². The van der Waals surface area contributed by atoms with Crippen molar-refractivity contribution in [2.24, 2.45) is 0 Å². The Bertz CT molecular complexity index is 377. The highest BCUT2D eigenvalue weighted by Gasteiger charge is 2.22. The third-order valence-electron chi connectivity index (χ3n) is 2.94. The second kappa shape index (κ2) is 7.66. The van der Waals surface area contributed by atoms with Crippen LogP contribution in [-0.2, 0) is 14.8 Å². The van der Waals surface area contributed by atoms with Crippen LogP contribution < -0.4 is 10.0 Å². The molecule has 0 aromatic heterocycles. The topological polar surface area (TPSA) is 87.7 Å². The number of rotatable bonds is 6. The predicted molar refractivity (Wildman–Crippen MR) is 72.5 cm³/mol. The molecule has 0 aromatic rings. The Labute approximate surface area is 114 Å². The predicted octanol–water partition coefficient (Wildman–Crippen LogP) is -0.254. The number of hydrogen-bond acceptors (Lipinski definition) is 5. The lowest BCUT2D eigenvalue weighted by Gasteiger charge is -2.31. The van der Waals surface area contributed by atoms with E-state index < -0.39 is 10.0 Å². The quantitative estimate of drug-likeness (QED) is 0.659. The summed E-state index contributed by atoms with van der Waals surface area (Å²) in [5.74, 6) is 0. The fraction of sp³-hybridized carbons (Fsp3) is 0.909. The van der Waals surface area contributed by atoms with Crippen molar-refractivity contribution >= 4 is 16.1 Å². The molecule has 0 atom stereocenters. The summed E-state index contributed by atoms with van der Waals surface area (Å²) in [5, 5.41) is 3.28. The number of hydrogen-bond donors (Lipinski definition) is 2. The zero-order valence-corrected chi connectivity index (χ0v) is 12.3. The van der Waals surface area contributed by atoms with Crippen LogP contribution in [0.4, 0.5) is 4.79 Å². The van der Waals surface area contributed by atoms with Crippen LogP contribution in [0.2, 0.25) is 0 Å². The lowest BCUT2D eigenvalue weighted by atomic mass is 10.1. The molecule has 8 heteroatoms. The highest BCUT2D eigenvalue weighted by Crippen LogP contribution is 2.11. The van der Waals surface area contributed by atoms with Crippen LogP contribution in [0.15, 0.2) is 0 Å². The van der Waals surface area contributed by atoms with Crippen LogP contribution in [0.5, 0.6) is 0 Å². The first-order valence-corrected chi connectivity index (χ1v) is 8.41. The SMILES string of the molecule is CCOC(=O)N1CCC(NCCNS(C)(=O)=O)CC1. The van der Waals surface area contributed by atoms with Crippen LogP contribution >= 0.6 is 0 Å². The molecule has 1 heterocycles. The van der Waals surface area contributed by atoms with Crippen molar-refractivity contribution in [3.05, 3.63) is 0 Å². The number of nitrogens with zero attached hydrogens (tertiary/aromatic N) is 1. The van der Waals surface area contributed by atoms with E-state index in [-0.39, 0.29) is 6.09 Å². The molecular weight excluding hydrogens is 270 g/mol. The van der Waals surface area contributed by atoms with Gasteiger partial charge in [0.2, 0.25) is 10.0 Å². The fourth-order valence-electron chi connectivity index (χ4n) is 1.99. The molecule has 1 fully saturated rings. The molecule has 0 unspecified atom stereocenters. The Hall–Kier alpha value is -0.860. The van der Waals surface area contributed by atoms with E-state index in [9.17, 15) is 13.2 Å². The summed E-state index contributed by atoms with van der Waals surface area (Å²) < 4.78 is 29.1. The molecule has 1 amide bonds. The standard InChI is InChI=1S/C11H23N3O4S/c1-3-18-11(15)14-8-4-10(5-9-14)12-6-7-13-19(2,16)17/h10,12-13H,3-9H2,1-2H3. The van der Waals surface area contributed by atoms with Gasteiger partial charge < -0.3 is 15.0 Å². The highest BCUT2D eigenvalue weighted by molar-refractivity contribution is 7.88. The van der Waals surface area contributed by atoms with E-state index in [2.05, 4.69) is 10.0 Å². The van der Waals surface area contributed by atoms with Crippen LogP contribution in [0.25, 0.3) is 0 Å². The Morgan fingerprint density at radius 1 is 1.32 bits per heavy atom. The molecule has 112 valence electrons. The molecule has 0 aliphatic carbocycles. The zero-order valence-electron chi connectivity index (χ0n) is 11.5. The number of carbonyl (C=O) groups is 1. The van der Waals surface area contributed by atoms with E-state index in [0.717, 1.165) is 19.1 Å². The van der Waals surface area contributed by atoms with E-state index in [1.54, 1.807) is 11.8 Å². The van der Waals surface area contributed by atoms with Crippen LogP contribution in [0, 0.1) is 0 Å². The van der Waals surface area contributed by atoms with Gasteiger partial charge in [0.15, 0.2) is 0 Å². The Balaban J connectivity index is 2.15. The number of piperidine rings is 1. The summed E-state index contributed by atoms with van der Waals surface area (Å²) >= 11 is 0. The fourth-order valence-corrected chi connectivity index (χ4v) is 2.47. The number of ether oxygens (including phenoxy) is 1. The van der Waals surface area contributed by atoms with Crippen molar-refractivity contribution in [1.29, 1.82) is 0 Å². The molecule has 1 aliphatic rings. The average molecular weight is 293 g/mol. The van der Waals surface area contributed by atoms with E-state index in [0.29, 0.717) is 38.8 Å². The first-order chi connectivity index (χ1) is 8.92. The second-order valence-electron chi connectivity index (χ2n) is 4.58. The molecule has 0 bridgehead atoms. The van der Waals surface area contributed by atoms with Gasteiger partial charge in [0, 0.05) is 32.2 Å². The molecule has 0 saturated carbocycles. The second-order valence-corrected chi connectivity index (χ2v) is 6.41. The van der Waals surface area contributed by atoms with Crippen molar-refractivity contribution in [2.45, 2.75) is 25.8 Å². The molecule has 2 N–H and O–H groups in total. The summed E-state index contributed by atoms with van der Waals surface area (Å²) in [6, 6.07) is 0.326. The molecule has 0 aromatic carbocycles. The smallest absolute Gasteiger partial charge is 0.409 e. The maximum Gasteiger partial charge on any atom is 0.409 e. The number of nitrogens with one attached hydrogen (secondary N) is 2. The van der Waals surface area contributed by atoms with Crippen molar-refractivity contribution < 1.29 is 17.9 Å². The molecular formula is C11H23N3O4S. The Morgan fingerprint density at radius 3 is 2.47 bits per heavy atom. The average Bonchev–Trinajstić information content (AvgIpc) is 2.34. The number of carbonyl (C=O) groups excluding carboxylic acids is 1. The minimum Gasteiger partial charge on any atom is -0.450 e. The van der Waals surface area contributed by atoms with E-state index in [1.807, 2.05) is 0 Å². The van der Waals surface area contributed by atoms with Gasteiger partial charge in [-0.3, -0.25) is 0 Å². The number of amides is 1. The Kier molecular flexibility index (Phi) is 6.53. The van der Waals surface area contributed by atoms with E-state index in [4.69, 9.17) is 4.74 Å². The lowest BCUT2D eigenvalue weighted by molar-refractivity contribution is 0.0952. The van der Waals surface area contributed by atoms with Gasteiger partial charge in [-0.1, -0.05) is 0 Å². The first-order valence-electron chi connectivity index (χ1n) is 6.52. The van der Waals surface area contributed by atoms with Gasteiger partial charge in [0.05, 0.1) is 12.9 Å².